The molecule has 1 aromatic rings. The molecule has 20 heavy (non-hydrogen) atoms. The van der Waals surface area contributed by atoms with Crippen molar-refractivity contribution in [2.45, 2.75) is 19.1 Å². The number of nitrogens with zero attached hydrogens (tertiary/aromatic N) is 3. The average molecular weight is 289 g/mol. The zero-order chi connectivity index (χ0) is 14.8. The van der Waals surface area contributed by atoms with Gasteiger partial charge in [0.1, 0.15) is 11.5 Å². The molecule has 7 heteroatoms. The molecule has 0 aliphatic carbocycles. The zero-order valence-electron chi connectivity index (χ0n) is 11.3. The maximum Gasteiger partial charge on any atom is 0.433 e. The van der Waals surface area contributed by atoms with Crippen LogP contribution >= 0.6 is 0 Å². The Morgan fingerprint density at radius 3 is 2.45 bits per heavy atom. The summed E-state index contributed by atoms with van der Waals surface area (Å²) in [7, 11) is 0. The van der Waals surface area contributed by atoms with Gasteiger partial charge in [0.15, 0.2) is 0 Å². The Kier molecular flexibility index (Phi) is 4.49. The number of piperazine rings is 1. The van der Waals surface area contributed by atoms with Crippen molar-refractivity contribution >= 4 is 5.82 Å². The van der Waals surface area contributed by atoms with E-state index >= 15 is 0 Å². The standard InChI is InChI=1S/C13H18F3N3O/c1-10(9-20)18-5-7-19(8-6-18)12-4-2-3-11(17-12)13(14,15)16/h2-4,10,20H,5-9H2,1H3/t10-/m1/s1. The van der Waals surface area contributed by atoms with E-state index in [0.29, 0.717) is 32.0 Å². The van der Waals surface area contributed by atoms with Crippen LogP contribution in [0.5, 0.6) is 0 Å². The van der Waals surface area contributed by atoms with Gasteiger partial charge in [-0.25, -0.2) is 4.98 Å². The van der Waals surface area contributed by atoms with Gasteiger partial charge in [-0.15, -0.1) is 0 Å². The van der Waals surface area contributed by atoms with Crippen molar-refractivity contribution in [1.29, 1.82) is 0 Å². The van der Waals surface area contributed by atoms with Crippen LogP contribution in [0.2, 0.25) is 0 Å². The Balaban J connectivity index is 2.04. The van der Waals surface area contributed by atoms with Crippen molar-refractivity contribution in [2.24, 2.45) is 0 Å². The zero-order valence-corrected chi connectivity index (χ0v) is 11.3. The molecule has 0 aromatic carbocycles. The molecule has 0 unspecified atom stereocenters. The number of rotatable bonds is 3. The Hall–Kier alpha value is -1.34. The summed E-state index contributed by atoms with van der Waals surface area (Å²) in [5, 5.41) is 9.10. The van der Waals surface area contributed by atoms with Gasteiger partial charge in [0.05, 0.1) is 6.61 Å². The quantitative estimate of drug-likeness (QED) is 0.917. The Morgan fingerprint density at radius 2 is 1.90 bits per heavy atom. The molecule has 1 aliphatic rings. The van der Waals surface area contributed by atoms with Crippen molar-refractivity contribution in [3.8, 4) is 0 Å². The largest absolute Gasteiger partial charge is 0.433 e. The number of hydrogen-bond acceptors (Lipinski definition) is 4. The van der Waals surface area contributed by atoms with E-state index in [9.17, 15) is 13.2 Å². The van der Waals surface area contributed by atoms with Crippen molar-refractivity contribution in [1.82, 2.24) is 9.88 Å². The maximum absolute atomic E-state index is 12.6. The average Bonchev–Trinajstić information content (AvgIpc) is 2.46. The summed E-state index contributed by atoms with van der Waals surface area (Å²) >= 11 is 0. The first-order chi connectivity index (χ1) is 9.41. The third-order valence-electron chi connectivity index (χ3n) is 3.55. The van der Waals surface area contributed by atoms with Crippen molar-refractivity contribution in [3.05, 3.63) is 23.9 Å². The number of hydrogen-bond donors (Lipinski definition) is 1. The summed E-state index contributed by atoms with van der Waals surface area (Å²) in [6.45, 7) is 4.65. The van der Waals surface area contributed by atoms with E-state index in [0.717, 1.165) is 6.07 Å². The fourth-order valence-corrected chi connectivity index (χ4v) is 2.26. The highest BCUT2D eigenvalue weighted by molar-refractivity contribution is 5.40. The lowest BCUT2D eigenvalue weighted by molar-refractivity contribution is -0.141. The van der Waals surface area contributed by atoms with Crippen LogP contribution in [0.1, 0.15) is 12.6 Å². The van der Waals surface area contributed by atoms with Crippen LogP contribution in [0.3, 0.4) is 0 Å². The molecule has 0 radical (unpaired) electrons. The van der Waals surface area contributed by atoms with Crippen molar-refractivity contribution < 1.29 is 18.3 Å². The van der Waals surface area contributed by atoms with Crippen LogP contribution in [0.4, 0.5) is 19.0 Å². The molecule has 112 valence electrons. The molecule has 0 spiro atoms. The highest BCUT2D eigenvalue weighted by Crippen LogP contribution is 2.29. The molecule has 4 nitrogen and oxygen atoms in total. The molecular weight excluding hydrogens is 271 g/mol. The third kappa shape index (κ3) is 3.40. The maximum atomic E-state index is 12.6. The van der Waals surface area contributed by atoms with E-state index in [2.05, 4.69) is 9.88 Å². The molecule has 0 bridgehead atoms. The SMILES string of the molecule is C[C@H](CO)N1CCN(c2cccc(C(F)(F)F)n2)CC1. The van der Waals surface area contributed by atoms with E-state index in [1.807, 2.05) is 11.8 Å². The van der Waals surface area contributed by atoms with E-state index in [1.54, 1.807) is 6.07 Å². The molecule has 2 heterocycles. The van der Waals surface area contributed by atoms with Gasteiger partial charge in [-0.3, -0.25) is 4.90 Å². The van der Waals surface area contributed by atoms with Gasteiger partial charge in [0, 0.05) is 32.2 Å². The van der Waals surface area contributed by atoms with Gasteiger partial charge in [0.25, 0.3) is 0 Å². The summed E-state index contributed by atoms with van der Waals surface area (Å²) in [5.41, 5.74) is -0.860. The minimum absolute atomic E-state index is 0.0756. The molecule has 0 saturated carbocycles. The van der Waals surface area contributed by atoms with Crippen LogP contribution in [-0.2, 0) is 6.18 Å². The number of aromatic nitrogens is 1. The normalized spacial score (nSPS) is 19.1. The first kappa shape index (κ1) is 15.1. The number of pyridine rings is 1. The lowest BCUT2D eigenvalue weighted by atomic mass is 10.2. The second-order valence-corrected chi connectivity index (χ2v) is 4.93. The van der Waals surface area contributed by atoms with E-state index in [4.69, 9.17) is 5.11 Å². The van der Waals surface area contributed by atoms with Gasteiger partial charge >= 0.3 is 6.18 Å². The summed E-state index contributed by atoms with van der Waals surface area (Å²) in [6, 6.07) is 4.04. The molecule has 1 atom stereocenters. The number of aliphatic hydroxyl groups is 1. The number of aliphatic hydroxyl groups excluding tert-OH is 1. The molecule has 2 rings (SSSR count). The minimum atomic E-state index is -4.41. The van der Waals surface area contributed by atoms with Crippen LogP contribution in [0.25, 0.3) is 0 Å². The number of halogens is 3. The van der Waals surface area contributed by atoms with Crippen LogP contribution in [0, 0.1) is 0 Å². The first-order valence-corrected chi connectivity index (χ1v) is 6.56. The summed E-state index contributed by atoms with van der Waals surface area (Å²) in [4.78, 5) is 7.65. The Bertz CT molecular complexity index is 445. The Morgan fingerprint density at radius 1 is 1.25 bits per heavy atom. The molecule has 1 saturated heterocycles. The lowest BCUT2D eigenvalue weighted by Crippen LogP contribution is -2.50. The second kappa shape index (κ2) is 5.97. The smallest absolute Gasteiger partial charge is 0.395 e. The van der Waals surface area contributed by atoms with Gasteiger partial charge in [0.2, 0.25) is 0 Å². The summed E-state index contributed by atoms with van der Waals surface area (Å²) in [5.74, 6) is 0.358. The van der Waals surface area contributed by atoms with Gasteiger partial charge in [-0.05, 0) is 19.1 Å². The highest BCUT2D eigenvalue weighted by atomic mass is 19.4. The molecule has 1 fully saturated rings. The Labute approximate surface area is 115 Å². The van der Waals surface area contributed by atoms with Crippen molar-refractivity contribution in [3.63, 3.8) is 0 Å². The first-order valence-electron chi connectivity index (χ1n) is 6.56. The predicted octanol–water partition coefficient (Wildman–Crippen LogP) is 1.60. The van der Waals surface area contributed by atoms with Crippen LogP contribution in [0.15, 0.2) is 18.2 Å². The van der Waals surface area contributed by atoms with Gasteiger partial charge in [-0.2, -0.15) is 13.2 Å². The third-order valence-corrected chi connectivity index (χ3v) is 3.55. The molecule has 1 N–H and O–H groups in total. The monoisotopic (exact) mass is 289 g/mol. The molecule has 1 aliphatic heterocycles. The van der Waals surface area contributed by atoms with E-state index in [1.165, 1.54) is 6.07 Å². The van der Waals surface area contributed by atoms with Gasteiger partial charge < -0.3 is 10.0 Å². The number of alkyl halides is 3. The van der Waals surface area contributed by atoms with Crippen LogP contribution in [-0.4, -0.2) is 53.8 Å². The van der Waals surface area contributed by atoms with Gasteiger partial charge in [-0.1, -0.05) is 6.07 Å². The highest BCUT2D eigenvalue weighted by Gasteiger charge is 2.33. The second-order valence-electron chi connectivity index (χ2n) is 4.93. The predicted molar refractivity (Wildman–Crippen MR) is 69.6 cm³/mol. The summed E-state index contributed by atoms with van der Waals surface area (Å²) < 4.78 is 37.9. The van der Waals surface area contributed by atoms with E-state index < -0.39 is 11.9 Å². The fraction of sp³-hybridized carbons (Fsp3) is 0.615. The van der Waals surface area contributed by atoms with E-state index in [-0.39, 0.29) is 12.6 Å². The number of anilines is 1. The van der Waals surface area contributed by atoms with Crippen LogP contribution < -0.4 is 4.90 Å². The molecular formula is C13H18F3N3O. The van der Waals surface area contributed by atoms with Crippen molar-refractivity contribution in [2.75, 3.05) is 37.7 Å². The molecule has 0 amide bonds. The lowest BCUT2D eigenvalue weighted by Gasteiger charge is -2.38. The minimum Gasteiger partial charge on any atom is -0.395 e. The summed E-state index contributed by atoms with van der Waals surface area (Å²) in [6.07, 6.45) is -4.41. The topological polar surface area (TPSA) is 39.6 Å². The fourth-order valence-electron chi connectivity index (χ4n) is 2.26. The molecule has 1 aromatic heterocycles.